The zero-order chi connectivity index (χ0) is 19.1. The lowest BCUT2D eigenvalue weighted by Gasteiger charge is -2.22. The highest BCUT2D eigenvalue weighted by Gasteiger charge is 2.13. The van der Waals surface area contributed by atoms with Crippen molar-refractivity contribution in [3.8, 4) is 5.75 Å². The molecule has 0 amide bonds. The first kappa shape index (κ1) is 20.6. The maximum Gasteiger partial charge on any atom is 0.124 e. The van der Waals surface area contributed by atoms with Gasteiger partial charge < -0.3 is 10.1 Å². The Morgan fingerprint density at radius 3 is 2.48 bits per heavy atom. The molecule has 2 aromatic rings. The Morgan fingerprint density at radius 2 is 1.74 bits per heavy atom. The van der Waals surface area contributed by atoms with Crippen LogP contribution in [0.25, 0.3) is 0 Å². The SMILES string of the molecule is Fc1ccc(COc2ccc(Br)cc2CNC2CCCCCCC2)c(Cl)c1. The van der Waals surface area contributed by atoms with Crippen LogP contribution < -0.4 is 10.1 Å². The van der Waals surface area contributed by atoms with Gasteiger partial charge in [-0.1, -0.05) is 65.7 Å². The molecule has 0 saturated heterocycles. The molecule has 1 aliphatic carbocycles. The lowest BCUT2D eigenvalue weighted by Crippen LogP contribution is -2.29. The van der Waals surface area contributed by atoms with E-state index in [2.05, 4.69) is 27.3 Å². The van der Waals surface area contributed by atoms with Crippen molar-refractivity contribution < 1.29 is 9.13 Å². The largest absolute Gasteiger partial charge is 0.489 e. The van der Waals surface area contributed by atoms with Crippen LogP contribution in [0, 0.1) is 5.82 Å². The lowest BCUT2D eigenvalue weighted by molar-refractivity contribution is 0.300. The first-order chi connectivity index (χ1) is 13.1. The molecule has 0 aromatic heterocycles. The van der Waals surface area contributed by atoms with Gasteiger partial charge in [0.25, 0.3) is 0 Å². The molecule has 1 saturated carbocycles. The standard InChI is InChI=1S/C22H26BrClFNO/c23-18-9-11-22(27-15-16-8-10-19(25)13-21(16)24)17(12-18)14-26-20-6-4-2-1-3-5-7-20/h8-13,20,26H,1-7,14-15H2. The summed E-state index contributed by atoms with van der Waals surface area (Å²) in [7, 11) is 0. The number of halogens is 3. The van der Waals surface area contributed by atoms with Crippen LogP contribution in [0.15, 0.2) is 40.9 Å². The topological polar surface area (TPSA) is 21.3 Å². The highest BCUT2D eigenvalue weighted by atomic mass is 79.9. The molecule has 5 heteroatoms. The fourth-order valence-corrected chi connectivity index (χ4v) is 4.17. The molecule has 146 valence electrons. The number of hydrogen-bond acceptors (Lipinski definition) is 2. The van der Waals surface area contributed by atoms with Crippen molar-refractivity contribution in [3.63, 3.8) is 0 Å². The van der Waals surface area contributed by atoms with Crippen molar-refractivity contribution in [2.24, 2.45) is 0 Å². The Morgan fingerprint density at radius 1 is 1.00 bits per heavy atom. The Labute approximate surface area is 174 Å². The molecule has 0 radical (unpaired) electrons. The van der Waals surface area contributed by atoms with E-state index >= 15 is 0 Å². The summed E-state index contributed by atoms with van der Waals surface area (Å²) in [6.45, 7) is 1.09. The summed E-state index contributed by atoms with van der Waals surface area (Å²) in [5, 5.41) is 4.10. The van der Waals surface area contributed by atoms with Gasteiger partial charge in [0.05, 0.1) is 5.02 Å². The summed E-state index contributed by atoms with van der Waals surface area (Å²) < 4.78 is 20.3. The van der Waals surface area contributed by atoms with Crippen LogP contribution >= 0.6 is 27.5 Å². The van der Waals surface area contributed by atoms with Crippen molar-refractivity contribution >= 4 is 27.5 Å². The molecular weight excluding hydrogens is 429 g/mol. The number of nitrogens with one attached hydrogen (secondary N) is 1. The predicted octanol–water partition coefficient (Wildman–Crippen LogP) is 7.02. The summed E-state index contributed by atoms with van der Waals surface area (Å²) in [6.07, 6.45) is 9.18. The fourth-order valence-electron chi connectivity index (χ4n) is 3.54. The summed E-state index contributed by atoms with van der Waals surface area (Å²) in [6, 6.07) is 11.0. The van der Waals surface area contributed by atoms with Gasteiger partial charge >= 0.3 is 0 Å². The first-order valence-corrected chi connectivity index (χ1v) is 10.9. The van der Waals surface area contributed by atoms with E-state index in [9.17, 15) is 4.39 Å². The molecule has 0 aliphatic heterocycles. The Balaban J connectivity index is 1.63. The smallest absolute Gasteiger partial charge is 0.124 e. The number of rotatable bonds is 6. The third-order valence-corrected chi connectivity index (χ3v) is 5.95. The average molecular weight is 455 g/mol. The van der Waals surface area contributed by atoms with E-state index in [1.165, 1.54) is 57.1 Å². The minimum absolute atomic E-state index is 0.317. The van der Waals surface area contributed by atoms with Crippen LogP contribution in [0.1, 0.15) is 56.1 Å². The number of benzene rings is 2. The maximum atomic E-state index is 13.2. The molecule has 0 unspecified atom stereocenters. The van der Waals surface area contributed by atoms with Crippen molar-refractivity contribution in [1.82, 2.24) is 5.32 Å². The van der Waals surface area contributed by atoms with Gasteiger partial charge in [-0.25, -0.2) is 4.39 Å². The lowest BCUT2D eigenvalue weighted by atomic mass is 9.96. The van der Waals surface area contributed by atoms with Gasteiger partial charge in [0, 0.05) is 28.2 Å². The zero-order valence-electron chi connectivity index (χ0n) is 15.4. The van der Waals surface area contributed by atoms with Crippen molar-refractivity contribution in [2.45, 2.75) is 64.1 Å². The third kappa shape index (κ3) is 6.48. The van der Waals surface area contributed by atoms with Gasteiger partial charge in [0.1, 0.15) is 18.2 Å². The normalized spacial score (nSPS) is 16.0. The van der Waals surface area contributed by atoms with Gasteiger partial charge in [0.15, 0.2) is 0 Å². The van der Waals surface area contributed by atoms with E-state index in [0.717, 1.165) is 27.9 Å². The molecular formula is C22H26BrClFNO. The number of hydrogen-bond donors (Lipinski definition) is 1. The first-order valence-electron chi connectivity index (χ1n) is 9.70. The quantitative estimate of drug-likeness (QED) is 0.506. The third-order valence-electron chi connectivity index (χ3n) is 5.11. The van der Waals surface area contributed by atoms with Crippen LogP contribution in [0.5, 0.6) is 5.75 Å². The average Bonchev–Trinajstić information content (AvgIpc) is 2.61. The van der Waals surface area contributed by atoms with E-state index in [-0.39, 0.29) is 5.82 Å². The van der Waals surface area contributed by atoms with E-state index in [0.29, 0.717) is 17.7 Å². The molecule has 1 N–H and O–H groups in total. The zero-order valence-corrected chi connectivity index (χ0v) is 17.8. The second-order valence-corrected chi connectivity index (χ2v) is 8.52. The van der Waals surface area contributed by atoms with Gasteiger partial charge in [-0.3, -0.25) is 0 Å². The molecule has 2 nitrogen and oxygen atoms in total. The highest BCUT2D eigenvalue weighted by molar-refractivity contribution is 9.10. The second kappa shape index (κ2) is 10.4. The minimum Gasteiger partial charge on any atom is -0.489 e. The molecule has 27 heavy (non-hydrogen) atoms. The molecule has 2 aromatic carbocycles. The van der Waals surface area contributed by atoms with Crippen molar-refractivity contribution in [2.75, 3.05) is 0 Å². The van der Waals surface area contributed by atoms with Crippen LogP contribution in [-0.4, -0.2) is 6.04 Å². The molecule has 1 fully saturated rings. The van der Waals surface area contributed by atoms with Crippen LogP contribution in [0.3, 0.4) is 0 Å². The molecule has 0 spiro atoms. The van der Waals surface area contributed by atoms with Crippen LogP contribution in [-0.2, 0) is 13.2 Å². The molecule has 3 rings (SSSR count). The summed E-state index contributed by atoms with van der Waals surface area (Å²) in [4.78, 5) is 0. The Hall–Kier alpha value is -1.10. The van der Waals surface area contributed by atoms with Gasteiger partial charge in [-0.05, 0) is 43.2 Å². The monoisotopic (exact) mass is 453 g/mol. The van der Waals surface area contributed by atoms with E-state index in [4.69, 9.17) is 16.3 Å². The molecule has 1 aliphatic rings. The summed E-state index contributed by atoms with van der Waals surface area (Å²) in [5.41, 5.74) is 1.89. The van der Waals surface area contributed by atoms with E-state index in [1.807, 2.05) is 12.1 Å². The summed E-state index contributed by atoms with van der Waals surface area (Å²) in [5.74, 6) is 0.494. The highest BCUT2D eigenvalue weighted by Crippen LogP contribution is 2.26. The molecule has 0 heterocycles. The van der Waals surface area contributed by atoms with Gasteiger partial charge in [0.2, 0.25) is 0 Å². The van der Waals surface area contributed by atoms with E-state index in [1.54, 1.807) is 6.07 Å². The maximum absolute atomic E-state index is 13.2. The summed E-state index contributed by atoms with van der Waals surface area (Å²) >= 11 is 9.67. The molecule has 0 atom stereocenters. The van der Waals surface area contributed by atoms with E-state index < -0.39 is 0 Å². The van der Waals surface area contributed by atoms with Crippen LogP contribution in [0.2, 0.25) is 5.02 Å². The van der Waals surface area contributed by atoms with Crippen LogP contribution in [0.4, 0.5) is 4.39 Å². The van der Waals surface area contributed by atoms with Crippen molar-refractivity contribution in [3.05, 3.63) is 62.8 Å². The second-order valence-electron chi connectivity index (χ2n) is 7.20. The fraction of sp³-hybridized carbons (Fsp3) is 0.455. The predicted molar refractivity (Wildman–Crippen MR) is 113 cm³/mol. The van der Waals surface area contributed by atoms with Gasteiger partial charge in [-0.2, -0.15) is 0 Å². The minimum atomic E-state index is -0.337. The number of ether oxygens (including phenoxy) is 1. The molecule has 0 bridgehead atoms. The van der Waals surface area contributed by atoms with Crippen molar-refractivity contribution in [1.29, 1.82) is 0 Å². The Bertz CT molecular complexity index is 747. The van der Waals surface area contributed by atoms with Gasteiger partial charge in [-0.15, -0.1) is 0 Å². The Kier molecular flexibility index (Phi) is 7.98.